The predicted molar refractivity (Wildman–Crippen MR) is 71.6 cm³/mol. The molecule has 1 rings (SSSR count). The molecule has 0 spiro atoms. The van der Waals surface area contributed by atoms with Crippen molar-refractivity contribution in [2.24, 2.45) is 0 Å². The van der Waals surface area contributed by atoms with E-state index in [2.05, 4.69) is 5.32 Å². The molecule has 102 valence electrons. The van der Waals surface area contributed by atoms with E-state index >= 15 is 0 Å². The van der Waals surface area contributed by atoms with Crippen molar-refractivity contribution in [3.63, 3.8) is 0 Å². The molecule has 0 radical (unpaired) electrons. The molecular formula is C13H16N2O4. The smallest absolute Gasteiger partial charge is 0.269 e. The minimum absolute atomic E-state index is 0.0234. The highest BCUT2D eigenvalue weighted by atomic mass is 16.6. The number of carbonyl (C=O) groups excluding carboxylic acids is 1. The first-order valence-electron chi connectivity index (χ1n) is 5.75. The van der Waals surface area contributed by atoms with E-state index in [1.54, 1.807) is 25.3 Å². The van der Waals surface area contributed by atoms with Crippen molar-refractivity contribution in [2.45, 2.75) is 13.0 Å². The highest BCUT2D eigenvalue weighted by Gasteiger charge is 2.04. The standard InChI is InChI=1S/C13H16N2O4/c1-10(9-19-2)14-13(16)8-5-11-3-6-12(7-4-11)15(17)18/h3-8,10H,9H2,1-2H3,(H,14,16)/b8-5+. The zero-order valence-corrected chi connectivity index (χ0v) is 10.8. The van der Waals surface area contributed by atoms with E-state index in [-0.39, 0.29) is 17.6 Å². The molecule has 0 aromatic heterocycles. The van der Waals surface area contributed by atoms with Crippen molar-refractivity contribution in [1.29, 1.82) is 0 Å². The Hall–Kier alpha value is -2.21. The summed E-state index contributed by atoms with van der Waals surface area (Å²) in [5.41, 5.74) is 0.746. The van der Waals surface area contributed by atoms with Gasteiger partial charge in [0.05, 0.1) is 11.5 Å². The van der Waals surface area contributed by atoms with E-state index in [1.807, 2.05) is 6.92 Å². The first-order valence-corrected chi connectivity index (χ1v) is 5.75. The number of carbonyl (C=O) groups is 1. The Morgan fingerprint density at radius 3 is 2.63 bits per heavy atom. The van der Waals surface area contributed by atoms with Crippen LogP contribution in [0.2, 0.25) is 0 Å². The van der Waals surface area contributed by atoms with E-state index in [4.69, 9.17) is 4.74 Å². The van der Waals surface area contributed by atoms with Crippen LogP contribution < -0.4 is 5.32 Å². The lowest BCUT2D eigenvalue weighted by atomic mass is 10.2. The molecule has 0 aliphatic heterocycles. The molecule has 1 aromatic carbocycles. The van der Waals surface area contributed by atoms with Gasteiger partial charge in [0.2, 0.25) is 5.91 Å². The molecular weight excluding hydrogens is 248 g/mol. The maximum Gasteiger partial charge on any atom is 0.269 e. The zero-order chi connectivity index (χ0) is 14.3. The highest BCUT2D eigenvalue weighted by Crippen LogP contribution is 2.12. The van der Waals surface area contributed by atoms with Crippen LogP contribution in [0, 0.1) is 10.1 Å². The van der Waals surface area contributed by atoms with Crippen LogP contribution in [0.5, 0.6) is 0 Å². The Balaban J connectivity index is 2.56. The maximum atomic E-state index is 11.5. The van der Waals surface area contributed by atoms with Gasteiger partial charge in [-0.15, -0.1) is 0 Å². The second-order valence-electron chi connectivity index (χ2n) is 4.05. The summed E-state index contributed by atoms with van der Waals surface area (Å²) in [6, 6.07) is 5.89. The average molecular weight is 264 g/mol. The van der Waals surface area contributed by atoms with Crippen molar-refractivity contribution in [1.82, 2.24) is 5.32 Å². The fourth-order valence-electron chi connectivity index (χ4n) is 1.46. The van der Waals surface area contributed by atoms with Gasteiger partial charge in [0.15, 0.2) is 0 Å². The topological polar surface area (TPSA) is 81.5 Å². The molecule has 6 nitrogen and oxygen atoms in total. The van der Waals surface area contributed by atoms with Crippen LogP contribution in [0.1, 0.15) is 12.5 Å². The second kappa shape index (κ2) is 7.27. The number of nitrogens with zero attached hydrogens (tertiary/aromatic N) is 1. The van der Waals surface area contributed by atoms with Gasteiger partial charge < -0.3 is 10.1 Å². The molecule has 1 N–H and O–H groups in total. The number of rotatable bonds is 6. The molecule has 0 saturated carbocycles. The van der Waals surface area contributed by atoms with Crippen molar-refractivity contribution < 1.29 is 14.5 Å². The second-order valence-corrected chi connectivity index (χ2v) is 4.05. The summed E-state index contributed by atoms with van der Waals surface area (Å²) in [5, 5.41) is 13.2. The number of nitro groups is 1. The molecule has 0 aliphatic carbocycles. The van der Waals surface area contributed by atoms with Crippen LogP contribution >= 0.6 is 0 Å². The molecule has 1 atom stereocenters. The zero-order valence-electron chi connectivity index (χ0n) is 10.8. The molecule has 0 bridgehead atoms. The third-order valence-electron chi connectivity index (χ3n) is 2.34. The molecule has 19 heavy (non-hydrogen) atoms. The third kappa shape index (κ3) is 5.31. The van der Waals surface area contributed by atoms with Crippen LogP contribution in [0.4, 0.5) is 5.69 Å². The van der Waals surface area contributed by atoms with E-state index in [0.717, 1.165) is 5.56 Å². The Kier molecular flexibility index (Phi) is 5.69. The number of benzene rings is 1. The van der Waals surface area contributed by atoms with Gasteiger partial charge in [0.1, 0.15) is 0 Å². The van der Waals surface area contributed by atoms with Crippen molar-refractivity contribution >= 4 is 17.7 Å². The summed E-state index contributed by atoms with van der Waals surface area (Å²) in [7, 11) is 1.56. The van der Waals surface area contributed by atoms with Gasteiger partial charge in [0.25, 0.3) is 5.69 Å². The number of nitrogens with one attached hydrogen (secondary N) is 1. The lowest BCUT2D eigenvalue weighted by Crippen LogP contribution is -2.34. The fraction of sp³-hybridized carbons (Fsp3) is 0.308. The van der Waals surface area contributed by atoms with Gasteiger partial charge >= 0.3 is 0 Å². The molecule has 0 heterocycles. The molecule has 0 fully saturated rings. The maximum absolute atomic E-state index is 11.5. The van der Waals surface area contributed by atoms with Gasteiger partial charge in [-0.1, -0.05) is 0 Å². The van der Waals surface area contributed by atoms with Crippen LogP contribution in [-0.4, -0.2) is 30.6 Å². The number of non-ortho nitro benzene ring substituents is 1. The summed E-state index contributed by atoms with van der Waals surface area (Å²) < 4.78 is 4.90. The average Bonchev–Trinajstić information content (AvgIpc) is 2.37. The van der Waals surface area contributed by atoms with E-state index in [1.165, 1.54) is 18.2 Å². The number of ether oxygens (including phenoxy) is 1. The quantitative estimate of drug-likeness (QED) is 0.482. The third-order valence-corrected chi connectivity index (χ3v) is 2.34. The first-order chi connectivity index (χ1) is 9.02. The minimum Gasteiger partial charge on any atom is -0.383 e. The number of nitro benzene ring substituents is 1. The van der Waals surface area contributed by atoms with Crippen LogP contribution in [0.25, 0.3) is 6.08 Å². The molecule has 1 aromatic rings. The Morgan fingerprint density at radius 2 is 2.11 bits per heavy atom. The summed E-state index contributed by atoms with van der Waals surface area (Å²) in [4.78, 5) is 21.5. The molecule has 0 saturated heterocycles. The Morgan fingerprint density at radius 1 is 1.47 bits per heavy atom. The van der Waals surface area contributed by atoms with E-state index in [0.29, 0.717) is 6.61 Å². The Bertz CT molecular complexity index is 468. The normalized spacial score (nSPS) is 12.3. The molecule has 1 amide bonds. The van der Waals surface area contributed by atoms with E-state index < -0.39 is 4.92 Å². The van der Waals surface area contributed by atoms with Gasteiger partial charge in [-0.3, -0.25) is 14.9 Å². The minimum atomic E-state index is -0.466. The van der Waals surface area contributed by atoms with Crippen molar-refractivity contribution in [2.75, 3.05) is 13.7 Å². The summed E-state index contributed by atoms with van der Waals surface area (Å²) >= 11 is 0. The van der Waals surface area contributed by atoms with Crippen molar-refractivity contribution in [3.8, 4) is 0 Å². The van der Waals surface area contributed by atoms with Gasteiger partial charge in [0, 0.05) is 31.4 Å². The number of methoxy groups -OCH3 is 1. The van der Waals surface area contributed by atoms with Gasteiger partial charge in [-0.05, 0) is 30.7 Å². The number of hydrogen-bond donors (Lipinski definition) is 1. The van der Waals surface area contributed by atoms with Crippen LogP contribution in [0.3, 0.4) is 0 Å². The Labute approximate surface area is 111 Å². The van der Waals surface area contributed by atoms with Crippen LogP contribution in [-0.2, 0) is 9.53 Å². The summed E-state index contributed by atoms with van der Waals surface area (Å²) in [6.45, 7) is 2.28. The molecule has 1 unspecified atom stereocenters. The molecule has 0 aliphatic rings. The monoisotopic (exact) mass is 264 g/mol. The number of hydrogen-bond acceptors (Lipinski definition) is 4. The van der Waals surface area contributed by atoms with E-state index in [9.17, 15) is 14.9 Å². The summed E-state index contributed by atoms with van der Waals surface area (Å²) in [5.74, 6) is -0.233. The SMILES string of the molecule is COCC(C)NC(=O)/C=C/c1ccc([N+](=O)[O-])cc1. The first kappa shape index (κ1) is 14.8. The van der Waals surface area contributed by atoms with Crippen molar-refractivity contribution in [3.05, 3.63) is 46.0 Å². The summed E-state index contributed by atoms with van der Waals surface area (Å²) in [6.07, 6.45) is 2.98. The van der Waals surface area contributed by atoms with Gasteiger partial charge in [-0.25, -0.2) is 0 Å². The largest absolute Gasteiger partial charge is 0.383 e. The van der Waals surface area contributed by atoms with Crippen LogP contribution in [0.15, 0.2) is 30.3 Å². The number of amides is 1. The predicted octanol–water partition coefficient (Wildman–Crippen LogP) is 1.76. The van der Waals surface area contributed by atoms with Gasteiger partial charge in [-0.2, -0.15) is 0 Å². The fourth-order valence-corrected chi connectivity index (χ4v) is 1.46. The highest BCUT2D eigenvalue weighted by molar-refractivity contribution is 5.91. The lowest BCUT2D eigenvalue weighted by Gasteiger charge is -2.10. The lowest BCUT2D eigenvalue weighted by molar-refractivity contribution is -0.384. The molecule has 6 heteroatoms.